The summed E-state index contributed by atoms with van der Waals surface area (Å²) in [7, 11) is 1.48. The Balaban J connectivity index is 1.54. The van der Waals surface area contributed by atoms with Gasteiger partial charge in [0, 0.05) is 30.9 Å². The van der Waals surface area contributed by atoms with E-state index in [2.05, 4.69) is 10.4 Å². The lowest BCUT2D eigenvalue weighted by molar-refractivity contribution is 0.0942. The fourth-order valence-corrected chi connectivity index (χ4v) is 3.30. The van der Waals surface area contributed by atoms with Crippen LogP contribution < -0.4 is 15.6 Å². The molecule has 0 fully saturated rings. The topological polar surface area (TPSA) is 98.4 Å². The third-order valence-electron chi connectivity index (χ3n) is 4.76. The third-order valence-corrected chi connectivity index (χ3v) is 4.76. The lowest BCUT2D eigenvalue weighted by Gasteiger charge is -2.12. The standard InChI is InChI=1S/C22H20N4O4/c1-30-19-9-5-4-8-17(19)26-20(28)14-18(27)21(24-26)22(29)23-11-13-25-12-10-15-6-2-3-7-16(15)25/h2-10,12,14,27H,11,13H2,1H3,(H,23,29). The van der Waals surface area contributed by atoms with Crippen LogP contribution in [-0.2, 0) is 6.54 Å². The molecule has 0 atom stereocenters. The van der Waals surface area contributed by atoms with E-state index in [0.29, 0.717) is 24.5 Å². The van der Waals surface area contributed by atoms with Crippen LogP contribution in [0.4, 0.5) is 0 Å². The molecule has 4 aromatic rings. The lowest BCUT2D eigenvalue weighted by Crippen LogP contribution is -2.31. The second-order valence-corrected chi connectivity index (χ2v) is 6.62. The van der Waals surface area contributed by atoms with Crippen molar-refractivity contribution in [3.63, 3.8) is 0 Å². The number of para-hydroxylation sites is 3. The predicted molar refractivity (Wildman–Crippen MR) is 112 cm³/mol. The molecule has 0 saturated carbocycles. The number of nitrogens with one attached hydrogen (secondary N) is 1. The first-order chi connectivity index (χ1) is 14.6. The van der Waals surface area contributed by atoms with Gasteiger partial charge in [0.2, 0.25) is 0 Å². The summed E-state index contributed by atoms with van der Waals surface area (Å²) in [6.45, 7) is 0.874. The maximum atomic E-state index is 12.6. The zero-order valence-corrected chi connectivity index (χ0v) is 16.3. The van der Waals surface area contributed by atoms with E-state index in [1.165, 1.54) is 7.11 Å². The Morgan fingerprint density at radius 3 is 2.73 bits per heavy atom. The van der Waals surface area contributed by atoms with Crippen molar-refractivity contribution in [2.24, 2.45) is 0 Å². The number of carbonyl (C=O) groups excluding carboxylic acids is 1. The van der Waals surface area contributed by atoms with Crippen LogP contribution in [0, 0.1) is 0 Å². The number of rotatable bonds is 6. The van der Waals surface area contributed by atoms with E-state index in [-0.39, 0.29) is 5.69 Å². The first kappa shape index (κ1) is 19.3. The highest BCUT2D eigenvalue weighted by Gasteiger charge is 2.18. The molecule has 2 heterocycles. The molecule has 8 heteroatoms. The minimum Gasteiger partial charge on any atom is -0.505 e. The van der Waals surface area contributed by atoms with Crippen molar-refractivity contribution in [1.82, 2.24) is 19.7 Å². The van der Waals surface area contributed by atoms with Crippen molar-refractivity contribution in [2.45, 2.75) is 6.54 Å². The summed E-state index contributed by atoms with van der Waals surface area (Å²) in [5, 5.41) is 18.0. The SMILES string of the molecule is COc1ccccc1-n1nc(C(=O)NCCn2ccc3ccccc32)c(O)cc1=O. The molecule has 8 nitrogen and oxygen atoms in total. The fraction of sp³-hybridized carbons (Fsp3) is 0.136. The zero-order chi connectivity index (χ0) is 21.1. The second-order valence-electron chi connectivity index (χ2n) is 6.62. The minimum atomic E-state index is -0.577. The molecule has 1 amide bonds. The van der Waals surface area contributed by atoms with Crippen LogP contribution in [0.5, 0.6) is 11.5 Å². The minimum absolute atomic E-state index is 0.238. The normalized spacial score (nSPS) is 10.8. The van der Waals surface area contributed by atoms with Crippen molar-refractivity contribution in [1.29, 1.82) is 0 Å². The van der Waals surface area contributed by atoms with Crippen molar-refractivity contribution >= 4 is 16.8 Å². The van der Waals surface area contributed by atoms with E-state index in [9.17, 15) is 14.7 Å². The molecular weight excluding hydrogens is 384 g/mol. The summed E-state index contributed by atoms with van der Waals surface area (Å²) in [5.74, 6) is -0.633. The van der Waals surface area contributed by atoms with Gasteiger partial charge in [-0.25, -0.2) is 0 Å². The van der Waals surface area contributed by atoms with Gasteiger partial charge in [0.1, 0.15) is 11.4 Å². The highest BCUT2D eigenvalue weighted by atomic mass is 16.5. The fourth-order valence-electron chi connectivity index (χ4n) is 3.30. The van der Waals surface area contributed by atoms with Gasteiger partial charge in [-0.3, -0.25) is 9.59 Å². The number of hydrogen-bond donors (Lipinski definition) is 2. The van der Waals surface area contributed by atoms with Gasteiger partial charge in [0.25, 0.3) is 11.5 Å². The Morgan fingerprint density at radius 1 is 1.13 bits per heavy atom. The molecule has 0 saturated heterocycles. The summed E-state index contributed by atoms with van der Waals surface area (Å²) in [4.78, 5) is 24.9. The average Bonchev–Trinajstić information content (AvgIpc) is 3.17. The number of aromatic nitrogens is 3. The Morgan fingerprint density at radius 2 is 1.90 bits per heavy atom. The monoisotopic (exact) mass is 404 g/mol. The van der Waals surface area contributed by atoms with E-state index in [0.717, 1.165) is 21.7 Å². The number of nitrogens with zero attached hydrogens (tertiary/aromatic N) is 3. The highest BCUT2D eigenvalue weighted by Crippen LogP contribution is 2.21. The van der Waals surface area contributed by atoms with Crippen LogP contribution in [0.25, 0.3) is 16.6 Å². The molecule has 0 aliphatic carbocycles. The molecule has 0 bridgehead atoms. The van der Waals surface area contributed by atoms with Crippen LogP contribution >= 0.6 is 0 Å². The van der Waals surface area contributed by atoms with Crippen LogP contribution in [0.2, 0.25) is 0 Å². The summed E-state index contributed by atoms with van der Waals surface area (Å²) in [5.41, 5.74) is 0.625. The Hall–Kier alpha value is -4.07. The number of ether oxygens (including phenoxy) is 1. The predicted octanol–water partition coefficient (Wildman–Crippen LogP) is 2.33. The van der Waals surface area contributed by atoms with Gasteiger partial charge in [-0.1, -0.05) is 30.3 Å². The number of methoxy groups -OCH3 is 1. The quantitative estimate of drug-likeness (QED) is 0.514. The van der Waals surface area contributed by atoms with Gasteiger partial charge >= 0.3 is 0 Å². The van der Waals surface area contributed by atoms with E-state index in [1.54, 1.807) is 24.3 Å². The summed E-state index contributed by atoms with van der Waals surface area (Å²) >= 11 is 0. The van der Waals surface area contributed by atoms with Crippen molar-refractivity contribution in [3.8, 4) is 17.2 Å². The van der Waals surface area contributed by atoms with Gasteiger partial charge in [-0.15, -0.1) is 0 Å². The molecule has 2 aromatic heterocycles. The molecule has 2 N–H and O–H groups in total. The lowest BCUT2D eigenvalue weighted by atomic mass is 10.2. The number of aromatic hydroxyl groups is 1. The summed E-state index contributed by atoms with van der Waals surface area (Å²) in [6.07, 6.45) is 1.95. The molecule has 0 aliphatic heterocycles. The first-order valence-corrected chi connectivity index (χ1v) is 9.37. The second kappa shape index (κ2) is 8.12. The van der Waals surface area contributed by atoms with Gasteiger partial charge < -0.3 is 19.7 Å². The molecule has 0 aliphatic rings. The van der Waals surface area contributed by atoms with Crippen LogP contribution in [0.15, 0.2) is 71.7 Å². The van der Waals surface area contributed by atoms with E-state index in [1.807, 2.05) is 41.1 Å². The number of carbonyl (C=O) groups is 1. The Bertz CT molecular complexity index is 1280. The molecule has 0 spiro atoms. The molecule has 30 heavy (non-hydrogen) atoms. The maximum Gasteiger partial charge on any atom is 0.275 e. The van der Waals surface area contributed by atoms with Crippen LogP contribution in [-0.4, -0.2) is 39.0 Å². The van der Waals surface area contributed by atoms with Crippen molar-refractivity contribution in [3.05, 3.63) is 82.9 Å². The summed E-state index contributed by atoms with van der Waals surface area (Å²) < 4.78 is 8.32. The zero-order valence-electron chi connectivity index (χ0n) is 16.3. The van der Waals surface area contributed by atoms with Gasteiger partial charge in [-0.2, -0.15) is 9.78 Å². The number of fused-ring (bicyclic) bond motifs is 1. The maximum absolute atomic E-state index is 12.6. The highest BCUT2D eigenvalue weighted by molar-refractivity contribution is 5.94. The number of amides is 1. The third kappa shape index (κ3) is 3.62. The van der Waals surface area contributed by atoms with Gasteiger partial charge in [0.15, 0.2) is 11.4 Å². The smallest absolute Gasteiger partial charge is 0.275 e. The Labute approximate surface area is 172 Å². The van der Waals surface area contributed by atoms with Crippen molar-refractivity contribution in [2.75, 3.05) is 13.7 Å². The van der Waals surface area contributed by atoms with E-state index in [4.69, 9.17) is 4.74 Å². The van der Waals surface area contributed by atoms with Crippen LogP contribution in [0.3, 0.4) is 0 Å². The molecule has 0 radical (unpaired) electrons. The molecule has 2 aromatic carbocycles. The van der Waals surface area contributed by atoms with Gasteiger partial charge in [0.05, 0.1) is 7.11 Å². The molecule has 152 valence electrons. The summed E-state index contributed by atoms with van der Waals surface area (Å²) in [6, 6.07) is 17.7. The van der Waals surface area contributed by atoms with E-state index >= 15 is 0 Å². The number of hydrogen-bond acceptors (Lipinski definition) is 5. The number of benzene rings is 2. The van der Waals surface area contributed by atoms with E-state index < -0.39 is 17.2 Å². The van der Waals surface area contributed by atoms with Crippen molar-refractivity contribution < 1.29 is 14.6 Å². The van der Waals surface area contributed by atoms with Gasteiger partial charge in [-0.05, 0) is 29.7 Å². The molecule has 4 rings (SSSR count). The molecule has 0 unspecified atom stereocenters. The average molecular weight is 404 g/mol. The first-order valence-electron chi connectivity index (χ1n) is 9.37. The molecular formula is C22H20N4O4. The largest absolute Gasteiger partial charge is 0.505 e. The Kier molecular flexibility index (Phi) is 5.21. The van der Waals surface area contributed by atoms with Crippen LogP contribution in [0.1, 0.15) is 10.5 Å².